The summed E-state index contributed by atoms with van der Waals surface area (Å²) in [5.74, 6) is -3.86. The highest BCUT2D eigenvalue weighted by Crippen LogP contribution is 2.38. The molecule has 0 radical (unpaired) electrons. The quantitative estimate of drug-likeness (QED) is 0.570. The Balaban J connectivity index is 1.50. The van der Waals surface area contributed by atoms with Gasteiger partial charge in [-0.1, -0.05) is 60.7 Å². The van der Waals surface area contributed by atoms with Gasteiger partial charge in [0.05, 0.1) is 18.2 Å². The molecule has 2 heterocycles. The van der Waals surface area contributed by atoms with Crippen LogP contribution in [-0.4, -0.2) is 53.7 Å². The maximum absolute atomic E-state index is 14.2. The number of benzene rings is 3. The molecule has 1 amide bonds. The number of carboxylic acid groups (broad SMARTS) is 1. The number of likely N-dealkylation sites (tertiary alicyclic amines) is 1. The fraction of sp³-hybridized carbons (Fsp3) is 0.286. The van der Waals surface area contributed by atoms with E-state index in [-0.39, 0.29) is 24.6 Å². The van der Waals surface area contributed by atoms with Crippen LogP contribution >= 0.6 is 0 Å². The van der Waals surface area contributed by atoms with Gasteiger partial charge in [-0.3, -0.25) is 4.79 Å². The van der Waals surface area contributed by atoms with Gasteiger partial charge < -0.3 is 19.6 Å². The molecule has 0 spiro atoms. The van der Waals surface area contributed by atoms with E-state index in [0.717, 1.165) is 23.3 Å². The molecule has 1 fully saturated rings. The molecule has 36 heavy (non-hydrogen) atoms. The van der Waals surface area contributed by atoms with Crippen molar-refractivity contribution in [2.75, 3.05) is 24.6 Å². The lowest BCUT2D eigenvalue weighted by Crippen LogP contribution is -2.44. The van der Waals surface area contributed by atoms with Crippen LogP contribution < -0.4 is 9.64 Å². The first kappa shape index (κ1) is 23.8. The molecule has 186 valence electrons. The molecular formula is C28H26F2N2O4. The molecule has 2 aliphatic heterocycles. The second-order valence-electron chi connectivity index (χ2n) is 9.12. The number of halogens is 2. The summed E-state index contributed by atoms with van der Waals surface area (Å²) >= 11 is 0. The lowest BCUT2D eigenvalue weighted by Gasteiger charge is -2.31. The van der Waals surface area contributed by atoms with Crippen LogP contribution in [0.2, 0.25) is 0 Å². The van der Waals surface area contributed by atoms with Crippen molar-refractivity contribution < 1.29 is 28.2 Å². The average Bonchev–Trinajstić information content (AvgIpc) is 3.24. The molecule has 0 aromatic heterocycles. The standard InChI is InChI=1S/C28H26F2N2O4/c29-21-15-23-25(16-22(21)30)36-13-7-12-31(23)20-14-24(28(34)35)32(17-20)27(33)26(18-8-3-1-4-9-18)19-10-5-2-6-11-19/h1-6,8-11,15-16,20,24,26H,7,12-14,17H2,(H,34,35)/t20-,24+/m1/s1. The van der Waals surface area contributed by atoms with Crippen LogP contribution in [0.25, 0.3) is 0 Å². The molecule has 2 atom stereocenters. The van der Waals surface area contributed by atoms with E-state index in [0.29, 0.717) is 25.3 Å². The van der Waals surface area contributed by atoms with Crippen LogP contribution in [0.3, 0.4) is 0 Å². The Hall–Kier alpha value is -3.94. The molecule has 0 saturated carbocycles. The van der Waals surface area contributed by atoms with Crippen molar-refractivity contribution >= 4 is 17.6 Å². The van der Waals surface area contributed by atoms with Crippen LogP contribution in [0.1, 0.15) is 29.9 Å². The van der Waals surface area contributed by atoms with E-state index in [2.05, 4.69) is 0 Å². The summed E-state index contributed by atoms with van der Waals surface area (Å²) in [5.41, 5.74) is 1.91. The third-order valence-corrected chi connectivity index (χ3v) is 6.91. The van der Waals surface area contributed by atoms with Crippen LogP contribution in [0.15, 0.2) is 72.8 Å². The molecular weight excluding hydrogens is 466 g/mol. The van der Waals surface area contributed by atoms with Crippen molar-refractivity contribution in [2.45, 2.75) is 30.8 Å². The first-order chi connectivity index (χ1) is 17.4. The van der Waals surface area contributed by atoms with E-state index < -0.39 is 35.6 Å². The number of amides is 1. The molecule has 0 bridgehead atoms. The van der Waals surface area contributed by atoms with Crippen molar-refractivity contribution in [1.82, 2.24) is 4.90 Å². The normalized spacial score (nSPS) is 19.5. The van der Waals surface area contributed by atoms with Gasteiger partial charge in [-0.15, -0.1) is 0 Å². The number of nitrogens with zero attached hydrogens (tertiary/aromatic N) is 2. The van der Waals surface area contributed by atoms with E-state index in [1.54, 1.807) is 0 Å². The summed E-state index contributed by atoms with van der Waals surface area (Å²) in [6, 6.07) is 19.2. The van der Waals surface area contributed by atoms with E-state index in [9.17, 15) is 23.5 Å². The molecule has 3 aromatic rings. The summed E-state index contributed by atoms with van der Waals surface area (Å²) < 4.78 is 33.7. The Labute approximate surface area is 207 Å². The summed E-state index contributed by atoms with van der Waals surface area (Å²) in [7, 11) is 0. The van der Waals surface area contributed by atoms with Crippen molar-refractivity contribution in [2.24, 2.45) is 0 Å². The number of rotatable bonds is 5. The molecule has 8 heteroatoms. The number of aliphatic carboxylic acids is 1. The third-order valence-electron chi connectivity index (χ3n) is 6.91. The Morgan fingerprint density at radius 2 is 1.56 bits per heavy atom. The van der Waals surface area contributed by atoms with Crippen LogP contribution in [-0.2, 0) is 9.59 Å². The van der Waals surface area contributed by atoms with Gasteiger partial charge in [-0.25, -0.2) is 13.6 Å². The van der Waals surface area contributed by atoms with Crippen LogP contribution in [0.4, 0.5) is 14.5 Å². The van der Waals surface area contributed by atoms with Gasteiger partial charge in [0.25, 0.3) is 0 Å². The largest absolute Gasteiger partial charge is 0.491 e. The highest BCUT2D eigenvalue weighted by atomic mass is 19.2. The molecule has 1 N–H and O–H groups in total. The van der Waals surface area contributed by atoms with Gasteiger partial charge in [0.2, 0.25) is 5.91 Å². The molecule has 0 unspecified atom stereocenters. The first-order valence-electron chi connectivity index (χ1n) is 12.0. The zero-order valence-corrected chi connectivity index (χ0v) is 19.5. The topological polar surface area (TPSA) is 70.1 Å². The van der Waals surface area contributed by atoms with Gasteiger partial charge in [-0.05, 0) is 17.5 Å². The summed E-state index contributed by atoms with van der Waals surface area (Å²) in [4.78, 5) is 29.6. The van der Waals surface area contributed by atoms with E-state index in [1.807, 2.05) is 65.6 Å². The SMILES string of the molecule is O=C(O)[C@@H]1C[C@@H](N2CCCOc3cc(F)c(F)cc32)CN1C(=O)C(c1ccccc1)c1ccccc1. The minimum Gasteiger partial charge on any atom is -0.491 e. The number of fused-ring (bicyclic) bond motifs is 1. The van der Waals surface area contributed by atoms with Crippen molar-refractivity contribution in [3.63, 3.8) is 0 Å². The van der Waals surface area contributed by atoms with Gasteiger partial charge in [0.15, 0.2) is 11.6 Å². The Morgan fingerprint density at radius 1 is 0.944 bits per heavy atom. The van der Waals surface area contributed by atoms with Gasteiger partial charge in [0, 0.05) is 37.7 Å². The highest BCUT2D eigenvalue weighted by molar-refractivity contribution is 5.91. The number of carboxylic acids is 1. The summed E-state index contributed by atoms with van der Waals surface area (Å²) in [6.45, 7) is 0.943. The zero-order valence-electron chi connectivity index (χ0n) is 19.5. The van der Waals surface area contributed by atoms with Crippen molar-refractivity contribution in [3.8, 4) is 5.75 Å². The molecule has 6 nitrogen and oxygen atoms in total. The smallest absolute Gasteiger partial charge is 0.326 e. The Morgan fingerprint density at radius 3 is 2.17 bits per heavy atom. The Kier molecular flexibility index (Phi) is 6.59. The van der Waals surface area contributed by atoms with E-state index in [1.165, 1.54) is 4.90 Å². The predicted molar refractivity (Wildman–Crippen MR) is 130 cm³/mol. The fourth-order valence-corrected chi connectivity index (χ4v) is 5.23. The number of anilines is 1. The number of ether oxygens (including phenoxy) is 1. The molecule has 2 aliphatic rings. The average molecular weight is 493 g/mol. The fourth-order valence-electron chi connectivity index (χ4n) is 5.23. The van der Waals surface area contributed by atoms with Crippen molar-refractivity contribution in [1.29, 1.82) is 0 Å². The van der Waals surface area contributed by atoms with Crippen LogP contribution in [0.5, 0.6) is 5.75 Å². The molecule has 5 rings (SSSR count). The minimum absolute atomic E-state index is 0.143. The summed E-state index contributed by atoms with van der Waals surface area (Å²) in [6.07, 6.45) is 0.757. The van der Waals surface area contributed by atoms with Gasteiger partial charge in [0.1, 0.15) is 11.8 Å². The van der Waals surface area contributed by atoms with E-state index >= 15 is 0 Å². The van der Waals surface area contributed by atoms with Crippen LogP contribution in [0, 0.1) is 11.6 Å². The van der Waals surface area contributed by atoms with Gasteiger partial charge in [-0.2, -0.15) is 0 Å². The highest BCUT2D eigenvalue weighted by Gasteiger charge is 2.45. The number of carbonyl (C=O) groups excluding carboxylic acids is 1. The summed E-state index contributed by atoms with van der Waals surface area (Å²) in [5, 5.41) is 10.1. The Bertz CT molecular complexity index is 1220. The zero-order chi connectivity index (χ0) is 25.2. The van der Waals surface area contributed by atoms with Gasteiger partial charge >= 0.3 is 5.97 Å². The maximum atomic E-state index is 14.2. The molecule has 3 aromatic carbocycles. The van der Waals surface area contributed by atoms with Crippen molar-refractivity contribution in [3.05, 3.63) is 95.6 Å². The second-order valence-corrected chi connectivity index (χ2v) is 9.12. The predicted octanol–water partition coefficient (Wildman–Crippen LogP) is 4.44. The minimum atomic E-state index is -1.10. The molecule has 0 aliphatic carbocycles. The first-order valence-corrected chi connectivity index (χ1v) is 12.0. The second kappa shape index (κ2) is 9.97. The molecule has 1 saturated heterocycles. The number of hydrogen-bond acceptors (Lipinski definition) is 4. The number of hydrogen-bond donors (Lipinski definition) is 1. The lowest BCUT2D eigenvalue weighted by atomic mass is 9.90. The maximum Gasteiger partial charge on any atom is 0.326 e. The lowest BCUT2D eigenvalue weighted by molar-refractivity contribution is -0.148. The number of carbonyl (C=O) groups is 2. The monoisotopic (exact) mass is 492 g/mol. The third kappa shape index (κ3) is 4.51. The van der Waals surface area contributed by atoms with E-state index in [4.69, 9.17) is 4.74 Å².